The molecular formula is C13H14N6O. The number of rotatable bonds is 5. The lowest BCUT2D eigenvalue weighted by Crippen LogP contribution is -2.06. The van der Waals surface area contributed by atoms with E-state index in [0.29, 0.717) is 19.0 Å². The molecule has 7 heteroatoms. The minimum atomic E-state index is 0.0899. The molecule has 0 atom stereocenters. The average Bonchev–Trinajstić information content (AvgIpc) is 2.41. The maximum absolute atomic E-state index is 8.62. The molecule has 7 nitrogen and oxygen atoms in total. The van der Waals surface area contributed by atoms with E-state index in [1.807, 2.05) is 31.2 Å². The summed E-state index contributed by atoms with van der Waals surface area (Å²) >= 11 is 0. The predicted molar refractivity (Wildman–Crippen MR) is 74.5 cm³/mol. The Bertz CT molecular complexity index is 620. The van der Waals surface area contributed by atoms with Crippen LogP contribution >= 0.6 is 0 Å². The lowest BCUT2D eigenvalue weighted by atomic mass is 10.1. The topological polar surface area (TPSA) is 110 Å². The van der Waals surface area contributed by atoms with E-state index in [4.69, 9.17) is 15.7 Å². The maximum Gasteiger partial charge on any atom is 0.323 e. The largest absolute Gasteiger partial charge is 0.464 e. The van der Waals surface area contributed by atoms with Crippen LogP contribution in [0.1, 0.15) is 12.5 Å². The molecule has 0 aliphatic rings. The zero-order valence-electron chi connectivity index (χ0n) is 11.0. The third-order valence-corrected chi connectivity index (χ3v) is 2.40. The van der Waals surface area contributed by atoms with E-state index in [1.54, 1.807) is 0 Å². The van der Waals surface area contributed by atoms with Gasteiger partial charge in [-0.2, -0.15) is 20.2 Å². The Hall–Kier alpha value is -2.88. The molecule has 1 heterocycles. The highest BCUT2D eigenvalue weighted by molar-refractivity contribution is 5.54. The smallest absolute Gasteiger partial charge is 0.323 e. The summed E-state index contributed by atoms with van der Waals surface area (Å²) in [6.45, 7) is 2.28. The van der Waals surface area contributed by atoms with Crippen LogP contribution in [0.25, 0.3) is 0 Å². The average molecular weight is 270 g/mol. The van der Waals surface area contributed by atoms with E-state index in [1.165, 1.54) is 0 Å². The zero-order valence-corrected chi connectivity index (χ0v) is 11.0. The van der Waals surface area contributed by atoms with Crippen LogP contribution in [0, 0.1) is 11.3 Å². The highest BCUT2D eigenvalue weighted by Crippen LogP contribution is 2.16. The normalized spacial score (nSPS) is 9.80. The third-order valence-electron chi connectivity index (χ3n) is 2.40. The van der Waals surface area contributed by atoms with Gasteiger partial charge in [-0.05, 0) is 24.6 Å². The van der Waals surface area contributed by atoms with Gasteiger partial charge in [0, 0.05) is 5.69 Å². The number of nitriles is 1. The molecule has 20 heavy (non-hydrogen) atoms. The van der Waals surface area contributed by atoms with Gasteiger partial charge in [-0.3, -0.25) is 0 Å². The number of hydrogen-bond donors (Lipinski definition) is 2. The van der Waals surface area contributed by atoms with E-state index in [0.717, 1.165) is 11.3 Å². The summed E-state index contributed by atoms with van der Waals surface area (Å²) in [5.41, 5.74) is 7.33. The van der Waals surface area contributed by atoms with Crippen molar-refractivity contribution >= 4 is 17.6 Å². The van der Waals surface area contributed by atoms with Crippen molar-refractivity contribution in [1.82, 2.24) is 15.0 Å². The molecule has 1 aromatic heterocycles. The second-order valence-electron chi connectivity index (χ2n) is 3.89. The van der Waals surface area contributed by atoms with Gasteiger partial charge in [-0.25, -0.2) is 0 Å². The summed E-state index contributed by atoms with van der Waals surface area (Å²) in [4.78, 5) is 11.9. The molecule has 0 amide bonds. The molecule has 0 radical (unpaired) electrons. The van der Waals surface area contributed by atoms with Crippen molar-refractivity contribution in [1.29, 1.82) is 5.26 Å². The van der Waals surface area contributed by atoms with Gasteiger partial charge in [0.05, 0.1) is 19.1 Å². The fourth-order valence-electron chi connectivity index (χ4n) is 1.55. The Morgan fingerprint density at radius 2 is 2.00 bits per heavy atom. The minimum absolute atomic E-state index is 0.0899. The SMILES string of the molecule is CCOc1nc(N)nc(Nc2ccc(CC#N)cc2)n1. The predicted octanol–water partition coefficient (Wildman–Crippen LogP) is 1.66. The Labute approximate surface area is 116 Å². The number of nitrogen functional groups attached to an aromatic ring is 1. The number of aromatic nitrogens is 3. The Balaban J connectivity index is 2.14. The summed E-state index contributed by atoms with van der Waals surface area (Å²) in [5.74, 6) is 0.404. The van der Waals surface area contributed by atoms with Gasteiger partial charge < -0.3 is 15.8 Å². The molecule has 0 spiro atoms. The summed E-state index contributed by atoms with van der Waals surface area (Å²) in [7, 11) is 0. The zero-order chi connectivity index (χ0) is 14.4. The maximum atomic E-state index is 8.62. The number of benzene rings is 1. The van der Waals surface area contributed by atoms with Crippen LogP contribution in [-0.2, 0) is 6.42 Å². The quantitative estimate of drug-likeness (QED) is 0.850. The van der Waals surface area contributed by atoms with E-state index in [9.17, 15) is 0 Å². The van der Waals surface area contributed by atoms with E-state index in [2.05, 4.69) is 26.3 Å². The molecular weight excluding hydrogens is 256 g/mol. The van der Waals surface area contributed by atoms with Gasteiger partial charge in [0.15, 0.2) is 0 Å². The molecule has 0 aliphatic heterocycles. The number of nitrogens with zero attached hydrogens (tertiary/aromatic N) is 4. The van der Waals surface area contributed by atoms with Gasteiger partial charge in [-0.15, -0.1) is 0 Å². The fraction of sp³-hybridized carbons (Fsp3) is 0.231. The number of anilines is 3. The van der Waals surface area contributed by atoms with Crippen LogP contribution < -0.4 is 15.8 Å². The van der Waals surface area contributed by atoms with Crippen molar-refractivity contribution < 1.29 is 4.74 Å². The van der Waals surface area contributed by atoms with Crippen molar-refractivity contribution in [3.8, 4) is 12.1 Å². The molecule has 0 saturated carbocycles. The molecule has 0 unspecified atom stereocenters. The van der Waals surface area contributed by atoms with E-state index >= 15 is 0 Å². The molecule has 2 rings (SSSR count). The first-order chi connectivity index (χ1) is 9.71. The molecule has 1 aromatic carbocycles. The van der Waals surface area contributed by atoms with Crippen LogP contribution in [0.2, 0.25) is 0 Å². The minimum Gasteiger partial charge on any atom is -0.464 e. The number of nitrogens with two attached hydrogens (primary N) is 1. The van der Waals surface area contributed by atoms with Crippen molar-refractivity contribution in [2.45, 2.75) is 13.3 Å². The summed E-state index contributed by atoms with van der Waals surface area (Å²) in [5, 5.41) is 11.6. The number of hydrogen-bond acceptors (Lipinski definition) is 7. The van der Waals surface area contributed by atoms with Crippen molar-refractivity contribution in [3.63, 3.8) is 0 Å². The molecule has 0 aliphatic carbocycles. The molecule has 2 aromatic rings. The van der Waals surface area contributed by atoms with Crippen LogP contribution in [0.3, 0.4) is 0 Å². The first-order valence-corrected chi connectivity index (χ1v) is 6.08. The fourth-order valence-corrected chi connectivity index (χ4v) is 1.55. The van der Waals surface area contributed by atoms with E-state index < -0.39 is 0 Å². The van der Waals surface area contributed by atoms with E-state index in [-0.39, 0.29) is 12.0 Å². The Morgan fingerprint density at radius 3 is 2.65 bits per heavy atom. The number of nitrogens with one attached hydrogen (secondary N) is 1. The highest BCUT2D eigenvalue weighted by atomic mass is 16.5. The van der Waals surface area contributed by atoms with Crippen LogP contribution in [0.15, 0.2) is 24.3 Å². The summed E-state index contributed by atoms with van der Waals surface area (Å²) < 4.78 is 5.20. The molecule has 0 bridgehead atoms. The monoisotopic (exact) mass is 270 g/mol. The lowest BCUT2D eigenvalue weighted by Gasteiger charge is -2.07. The first kappa shape index (κ1) is 13.5. The summed E-state index contributed by atoms with van der Waals surface area (Å²) in [6, 6.07) is 9.68. The third kappa shape index (κ3) is 3.55. The second-order valence-corrected chi connectivity index (χ2v) is 3.89. The summed E-state index contributed by atoms with van der Waals surface area (Å²) in [6.07, 6.45) is 0.382. The van der Waals surface area contributed by atoms with Crippen molar-refractivity contribution in [3.05, 3.63) is 29.8 Å². The first-order valence-electron chi connectivity index (χ1n) is 6.08. The van der Waals surface area contributed by atoms with Crippen molar-refractivity contribution in [2.75, 3.05) is 17.7 Å². The van der Waals surface area contributed by atoms with Crippen LogP contribution in [-0.4, -0.2) is 21.6 Å². The van der Waals surface area contributed by atoms with Crippen molar-refractivity contribution in [2.24, 2.45) is 0 Å². The van der Waals surface area contributed by atoms with Gasteiger partial charge >= 0.3 is 6.01 Å². The second kappa shape index (κ2) is 6.33. The standard InChI is InChI=1S/C13H14N6O/c1-2-20-13-18-11(15)17-12(19-13)16-10-5-3-9(4-6-10)7-8-14/h3-6H,2,7H2,1H3,(H3,15,16,17,18,19). The molecule has 102 valence electrons. The van der Waals surface area contributed by atoms with Gasteiger partial charge in [-0.1, -0.05) is 12.1 Å². The lowest BCUT2D eigenvalue weighted by molar-refractivity contribution is 0.312. The number of ether oxygens (including phenoxy) is 1. The molecule has 0 fully saturated rings. The van der Waals surface area contributed by atoms with Gasteiger partial charge in [0.2, 0.25) is 11.9 Å². The van der Waals surface area contributed by atoms with Crippen LogP contribution in [0.5, 0.6) is 6.01 Å². The molecule has 0 saturated heterocycles. The van der Waals surface area contributed by atoms with Gasteiger partial charge in [0.25, 0.3) is 0 Å². The van der Waals surface area contributed by atoms with Crippen LogP contribution in [0.4, 0.5) is 17.6 Å². The highest BCUT2D eigenvalue weighted by Gasteiger charge is 2.05. The Morgan fingerprint density at radius 1 is 1.25 bits per heavy atom. The molecule has 3 N–H and O–H groups in total. The van der Waals surface area contributed by atoms with Gasteiger partial charge in [0.1, 0.15) is 0 Å². The Kier molecular flexibility index (Phi) is 4.29.